The van der Waals surface area contributed by atoms with Crippen LogP contribution in [0.3, 0.4) is 0 Å². The molecule has 0 bridgehead atoms. The molecule has 3 nitrogen and oxygen atoms in total. The van der Waals surface area contributed by atoms with Crippen molar-refractivity contribution in [1.82, 2.24) is 4.98 Å². The van der Waals surface area contributed by atoms with Crippen LogP contribution in [0, 0.1) is 5.92 Å². The molecule has 1 atom stereocenters. The van der Waals surface area contributed by atoms with Gasteiger partial charge in [0.1, 0.15) is 0 Å². The van der Waals surface area contributed by atoms with E-state index < -0.39 is 0 Å². The molecule has 1 aliphatic carbocycles. The summed E-state index contributed by atoms with van der Waals surface area (Å²) in [6.45, 7) is 0.651. The van der Waals surface area contributed by atoms with Gasteiger partial charge in [0.15, 0.2) is 5.78 Å². The number of carbonyl (C=O) groups is 1. The monoisotopic (exact) mass is 191 g/mol. The second-order valence-corrected chi connectivity index (χ2v) is 3.58. The van der Waals surface area contributed by atoms with E-state index in [-0.39, 0.29) is 11.7 Å². The van der Waals surface area contributed by atoms with Crippen LogP contribution in [0.25, 0.3) is 0 Å². The Balaban J connectivity index is 2.13. The minimum absolute atomic E-state index is 0.106. The quantitative estimate of drug-likeness (QED) is 0.726. The molecule has 14 heavy (non-hydrogen) atoms. The van der Waals surface area contributed by atoms with E-state index in [1.165, 1.54) is 0 Å². The number of Topliss-reactive ketones (excluding diaryl/α,β-unsaturated/α-hetero) is 1. The van der Waals surface area contributed by atoms with Crippen molar-refractivity contribution >= 4 is 5.78 Å². The lowest BCUT2D eigenvalue weighted by atomic mass is 10.0. The minimum Gasteiger partial charge on any atom is -0.385 e. The Bertz CT molecular complexity index is 349. The molecule has 74 valence electrons. The second-order valence-electron chi connectivity index (χ2n) is 3.58. The SMILES string of the molecule is COCC[C@H]1Cc2ccncc2C1=O. The topological polar surface area (TPSA) is 39.2 Å². The van der Waals surface area contributed by atoms with Gasteiger partial charge in [0.05, 0.1) is 0 Å². The van der Waals surface area contributed by atoms with Gasteiger partial charge in [-0.15, -0.1) is 0 Å². The van der Waals surface area contributed by atoms with Gasteiger partial charge < -0.3 is 4.74 Å². The van der Waals surface area contributed by atoms with Gasteiger partial charge in [0.25, 0.3) is 0 Å². The summed E-state index contributed by atoms with van der Waals surface area (Å²) in [6, 6.07) is 1.93. The molecule has 0 aromatic carbocycles. The first kappa shape index (κ1) is 9.34. The molecule has 3 heteroatoms. The van der Waals surface area contributed by atoms with Crippen LogP contribution < -0.4 is 0 Å². The number of pyridine rings is 1. The van der Waals surface area contributed by atoms with Crippen molar-refractivity contribution < 1.29 is 9.53 Å². The molecule has 0 amide bonds. The second kappa shape index (κ2) is 3.88. The highest BCUT2D eigenvalue weighted by molar-refractivity contribution is 6.01. The number of rotatable bonds is 3. The first-order valence-corrected chi connectivity index (χ1v) is 4.79. The van der Waals surface area contributed by atoms with Crippen molar-refractivity contribution in [3.8, 4) is 0 Å². The van der Waals surface area contributed by atoms with E-state index in [9.17, 15) is 4.79 Å². The van der Waals surface area contributed by atoms with Gasteiger partial charge in [0, 0.05) is 37.6 Å². The average molecular weight is 191 g/mol. The molecule has 1 aromatic rings. The van der Waals surface area contributed by atoms with Crippen molar-refractivity contribution in [2.24, 2.45) is 5.92 Å². The fourth-order valence-electron chi connectivity index (χ4n) is 1.89. The number of fused-ring (bicyclic) bond motifs is 1. The summed E-state index contributed by atoms with van der Waals surface area (Å²) in [7, 11) is 1.66. The van der Waals surface area contributed by atoms with Gasteiger partial charge >= 0.3 is 0 Å². The summed E-state index contributed by atoms with van der Waals surface area (Å²) in [5, 5.41) is 0. The van der Waals surface area contributed by atoms with E-state index in [4.69, 9.17) is 4.74 Å². The molecule has 1 aromatic heterocycles. The van der Waals surface area contributed by atoms with Crippen LogP contribution in [0.15, 0.2) is 18.5 Å². The molecule has 1 heterocycles. The zero-order chi connectivity index (χ0) is 9.97. The molecular weight excluding hydrogens is 178 g/mol. The summed E-state index contributed by atoms with van der Waals surface area (Å²) in [5.41, 5.74) is 1.93. The first-order valence-electron chi connectivity index (χ1n) is 4.79. The van der Waals surface area contributed by atoms with Crippen LogP contribution in [0.1, 0.15) is 22.3 Å². The van der Waals surface area contributed by atoms with Crippen LogP contribution >= 0.6 is 0 Å². The fourth-order valence-corrected chi connectivity index (χ4v) is 1.89. The molecule has 0 saturated carbocycles. The number of hydrogen-bond acceptors (Lipinski definition) is 3. The van der Waals surface area contributed by atoms with Crippen molar-refractivity contribution in [3.05, 3.63) is 29.6 Å². The normalized spacial score (nSPS) is 19.8. The summed E-state index contributed by atoms with van der Waals surface area (Å²) in [6.07, 6.45) is 5.07. The van der Waals surface area contributed by atoms with Crippen molar-refractivity contribution in [2.45, 2.75) is 12.8 Å². The van der Waals surface area contributed by atoms with Gasteiger partial charge in [-0.1, -0.05) is 0 Å². The van der Waals surface area contributed by atoms with E-state index in [2.05, 4.69) is 4.98 Å². The highest BCUT2D eigenvalue weighted by Gasteiger charge is 2.29. The predicted octanol–water partition coefficient (Wildman–Crippen LogP) is 1.47. The number of aromatic nitrogens is 1. The largest absolute Gasteiger partial charge is 0.385 e. The lowest BCUT2D eigenvalue weighted by molar-refractivity contribution is 0.0899. The van der Waals surface area contributed by atoms with Crippen LogP contribution in [0.5, 0.6) is 0 Å². The summed E-state index contributed by atoms with van der Waals surface area (Å²) < 4.78 is 4.98. The zero-order valence-corrected chi connectivity index (χ0v) is 8.19. The van der Waals surface area contributed by atoms with Crippen molar-refractivity contribution in [3.63, 3.8) is 0 Å². The Morgan fingerprint density at radius 1 is 1.64 bits per heavy atom. The summed E-state index contributed by atoms with van der Waals surface area (Å²) in [5.74, 6) is 0.333. The molecule has 0 aliphatic heterocycles. The number of methoxy groups -OCH3 is 1. The Morgan fingerprint density at radius 3 is 3.21 bits per heavy atom. The molecule has 0 N–H and O–H groups in total. The van der Waals surface area contributed by atoms with Gasteiger partial charge in [-0.25, -0.2) is 0 Å². The predicted molar refractivity (Wildman–Crippen MR) is 52.3 cm³/mol. The van der Waals surface area contributed by atoms with Crippen molar-refractivity contribution in [2.75, 3.05) is 13.7 Å². The average Bonchev–Trinajstić information content (AvgIpc) is 2.54. The van der Waals surface area contributed by atoms with E-state index >= 15 is 0 Å². The Hall–Kier alpha value is -1.22. The number of hydrogen-bond donors (Lipinski definition) is 0. The third-order valence-corrected chi connectivity index (χ3v) is 2.68. The first-order chi connectivity index (χ1) is 6.83. The maximum absolute atomic E-state index is 11.8. The maximum Gasteiger partial charge on any atom is 0.168 e. The molecule has 1 aliphatic rings. The number of ether oxygens (including phenoxy) is 1. The minimum atomic E-state index is 0.106. The summed E-state index contributed by atoms with van der Waals surface area (Å²) in [4.78, 5) is 15.8. The fraction of sp³-hybridized carbons (Fsp3) is 0.455. The Kier molecular flexibility index (Phi) is 2.59. The van der Waals surface area contributed by atoms with E-state index in [1.807, 2.05) is 6.07 Å². The highest BCUT2D eigenvalue weighted by Crippen LogP contribution is 2.27. The molecular formula is C11H13NO2. The molecule has 2 rings (SSSR count). The van der Waals surface area contributed by atoms with Crippen LogP contribution in [-0.2, 0) is 11.2 Å². The Morgan fingerprint density at radius 2 is 2.50 bits per heavy atom. The maximum atomic E-state index is 11.8. The molecule has 0 saturated heterocycles. The standard InChI is InChI=1S/C11H13NO2/c1-14-5-3-9-6-8-2-4-12-7-10(8)11(9)13/h2,4,7,9H,3,5-6H2,1H3/t9-/m0/s1. The number of ketones is 1. The molecule has 0 unspecified atom stereocenters. The van der Waals surface area contributed by atoms with Crippen LogP contribution in [-0.4, -0.2) is 24.5 Å². The molecule has 0 spiro atoms. The smallest absolute Gasteiger partial charge is 0.168 e. The van der Waals surface area contributed by atoms with Gasteiger partial charge in [-0.2, -0.15) is 0 Å². The van der Waals surface area contributed by atoms with Gasteiger partial charge in [-0.05, 0) is 24.5 Å². The van der Waals surface area contributed by atoms with E-state index in [0.29, 0.717) is 6.61 Å². The third kappa shape index (κ3) is 1.55. The highest BCUT2D eigenvalue weighted by atomic mass is 16.5. The molecule has 0 radical (unpaired) electrons. The molecule has 0 fully saturated rings. The Labute approximate surface area is 83.1 Å². The lowest BCUT2D eigenvalue weighted by Crippen LogP contribution is -2.11. The van der Waals surface area contributed by atoms with Gasteiger partial charge in [0.2, 0.25) is 0 Å². The number of carbonyl (C=O) groups excluding carboxylic acids is 1. The van der Waals surface area contributed by atoms with Crippen LogP contribution in [0.4, 0.5) is 0 Å². The van der Waals surface area contributed by atoms with Crippen LogP contribution in [0.2, 0.25) is 0 Å². The third-order valence-electron chi connectivity index (χ3n) is 2.68. The van der Waals surface area contributed by atoms with E-state index in [0.717, 1.165) is 24.0 Å². The lowest BCUT2D eigenvalue weighted by Gasteiger charge is -2.05. The van der Waals surface area contributed by atoms with Gasteiger partial charge in [-0.3, -0.25) is 9.78 Å². The van der Waals surface area contributed by atoms with Crippen molar-refractivity contribution in [1.29, 1.82) is 0 Å². The zero-order valence-electron chi connectivity index (χ0n) is 8.19. The van der Waals surface area contributed by atoms with E-state index in [1.54, 1.807) is 19.5 Å². The number of nitrogens with zero attached hydrogens (tertiary/aromatic N) is 1. The summed E-state index contributed by atoms with van der Waals surface area (Å²) >= 11 is 0.